The molecule has 1 heterocycles. The number of aromatic nitrogens is 3. The van der Waals surface area contributed by atoms with Gasteiger partial charge in [-0.1, -0.05) is 19.3 Å². The summed E-state index contributed by atoms with van der Waals surface area (Å²) in [6.07, 6.45) is 9.16. The van der Waals surface area contributed by atoms with Crippen molar-refractivity contribution in [3.05, 3.63) is 12.2 Å². The number of hydrogen-bond acceptors (Lipinski definition) is 4. The van der Waals surface area contributed by atoms with E-state index in [1.807, 2.05) is 14.0 Å². The first kappa shape index (κ1) is 16.7. The van der Waals surface area contributed by atoms with Crippen LogP contribution in [0.5, 0.6) is 0 Å². The number of rotatable bonds is 7. The molecule has 0 radical (unpaired) electrons. The van der Waals surface area contributed by atoms with E-state index < -0.39 is 0 Å². The van der Waals surface area contributed by atoms with Crippen molar-refractivity contribution in [3.63, 3.8) is 0 Å². The van der Waals surface area contributed by atoms with E-state index in [0.29, 0.717) is 19.3 Å². The number of amides is 2. The van der Waals surface area contributed by atoms with Gasteiger partial charge in [0.15, 0.2) is 5.82 Å². The average molecular weight is 309 g/mol. The van der Waals surface area contributed by atoms with Crippen molar-refractivity contribution in [3.8, 4) is 0 Å². The Morgan fingerprint density at radius 1 is 1.45 bits per heavy atom. The molecule has 1 fully saturated rings. The smallest absolute Gasteiger partial charge is 0.315 e. The molecule has 2 rings (SSSR count). The summed E-state index contributed by atoms with van der Waals surface area (Å²) in [5.41, 5.74) is 0. The molecule has 1 aromatic rings. The van der Waals surface area contributed by atoms with E-state index in [4.69, 9.17) is 4.74 Å². The van der Waals surface area contributed by atoms with Crippen molar-refractivity contribution in [2.45, 2.75) is 57.6 Å². The van der Waals surface area contributed by atoms with Crippen molar-refractivity contribution < 1.29 is 9.53 Å². The van der Waals surface area contributed by atoms with Crippen LogP contribution in [0.1, 0.15) is 57.3 Å². The van der Waals surface area contributed by atoms with E-state index in [0.717, 1.165) is 12.2 Å². The first-order chi connectivity index (χ1) is 10.7. The van der Waals surface area contributed by atoms with Gasteiger partial charge in [-0.25, -0.2) is 4.79 Å². The predicted octanol–water partition coefficient (Wildman–Crippen LogP) is 1.91. The normalized spacial score (nSPS) is 17.2. The highest BCUT2D eigenvalue weighted by atomic mass is 16.5. The lowest BCUT2D eigenvalue weighted by Gasteiger charge is -2.22. The number of carbonyl (C=O) groups is 1. The topological polar surface area (TPSA) is 81.1 Å². The zero-order valence-corrected chi connectivity index (χ0v) is 13.5. The first-order valence-corrected chi connectivity index (χ1v) is 8.16. The van der Waals surface area contributed by atoms with Crippen LogP contribution in [0.15, 0.2) is 6.33 Å². The SMILES string of the molecule is CC(NC(=O)NCCCOC1CCCCC1)c1nncn1C. The van der Waals surface area contributed by atoms with Crippen molar-refractivity contribution in [2.24, 2.45) is 7.05 Å². The van der Waals surface area contributed by atoms with Gasteiger partial charge >= 0.3 is 6.03 Å². The summed E-state index contributed by atoms with van der Waals surface area (Å²) < 4.78 is 7.62. The van der Waals surface area contributed by atoms with E-state index >= 15 is 0 Å². The molecule has 1 unspecified atom stereocenters. The molecule has 2 amide bonds. The van der Waals surface area contributed by atoms with Crippen LogP contribution in [-0.2, 0) is 11.8 Å². The van der Waals surface area contributed by atoms with Crippen LogP contribution in [0, 0.1) is 0 Å². The maximum absolute atomic E-state index is 11.8. The highest BCUT2D eigenvalue weighted by molar-refractivity contribution is 5.74. The van der Waals surface area contributed by atoms with Crippen molar-refractivity contribution in [1.82, 2.24) is 25.4 Å². The fourth-order valence-corrected chi connectivity index (χ4v) is 2.75. The zero-order chi connectivity index (χ0) is 15.8. The number of nitrogens with one attached hydrogen (secondary N) is 2. The van der Waals surface area contributed by atoms with Gasteiger partial charge in [-0.3, -0.25) is 0 Å². The fraction of sp³-hybridized carbons (Fsp3) is 0.800. The van der Waals surface area contributed by atoms with E-state index in [2.05, 4.69) is 20.8 Å². The molecule has 1 aromatic heterocycles. The zero-order valence-electron chi connectivity index (χ0n) is 13.5. The van der Waals surface area contributed by atoms with E-state index in [-0.39, 0.29) is 12.1 Å². The van der Waals surface area contributed by atoms with Crippen LogP contribution in [0.2, 0.25) is 0 Å². The molecule has 0 spiro atoms. The molecule has 0 aromatic carbocycles. The lowest BCUT2D eigenvalue weighted by Crippen LogP contribution is -2.38. The Bertz CT molecular complexity index is 457. The van der Waals surface area contributed by atoms with Gasteiger partial charge in [-0.05, 0) is 26.2 Å². The quantitative estimate of drug-likeness (QED) is 0.754. The number of carbonyl (C=O) groups excluding carboxylic acids is 1. The van der Waals surface area contributed by atoms with Crippen LogP contribution in [0.3, 0.4) is 0 Å². The second-order valence-electron chi connectivity index (χ2n) is 5.91. The van der Waals surface area contributed by atoms with Gasteiger partial charge in [0, 0.05) is 20.2 Å². The number of urea groups is 1. The maximum Gasteiger partial charge on any atom is 0.315 e. The Morgan fingerprint density at radius 3 is 2.91 bits per heavy atom. The third-order valence-corrected chi connectivity index (χ3v) is 3.99. The molecule has 0 bridgehead atoms. The van der Waals surface area contributed by atoms with Crippen LogP contribution in [-0.4, -0.2) is 40.1 Å². The van der Waals surface area contributed by atoms with Gasteiger partial charge in [0.1, 0.15) is 6.33 Å². The largest absolute Gasteiger partial charge is 0.378 e. The lowest BCUT2D eigenvalue weighted by atomic mass is 9.98. The molecule has 22 heavy (non-hydrogen) atoms. The van der Waals surface area contributed by atoms with E-state index in [1.54, 1.807) is 10.9 Å². The monoisotopic (exact) mass is 309 g/mol. The second kappa shape index (κ2) is 8.73. The summed E-state index contributed by atoms with van der Waals surface area (Å²) in [5, 5.41) is 13.5. The van der Waals surface area contributed by atoms with E-state index in [1.165, 1.54) is 32.1 Å². The minimum atomic E-state index is -0.187. The highest BCUT2D eigenvalue weighted by Gasteiger charge is 2.14. The molecule has 1 saturated carbocycles. The van der Waals surface area contributed by atoms with Crippen molar-refractivity contribution in [1.29, 1.82) is 0 Å². The van der Waals surface area contributed by atoms with Crippen LogP contribution < -0.4 is 10.6 Å². The van der Waals surface area contributed by atoms with Gasteiger partial charge in [0.2, 0.25) is 0 Å². The summed E-state index contributed by atoms with van der Waals surface area (Å²) >= 11 is 0. The molecule has 7 nitrogen and oxygen atoms in total. The first-order valence-electron chi connectivity index (χ1n) is 8.16. The third-order valence-electron chi connectivity index (χ3n) is 3.99. The van der Waals surface area contributed by atoms with Crippen molar-refractivity contribution >= 4 is 6.03 Å². The molecule has 0 saturated heterocycles. The Balaban J connectivity index is 1.55. The second-order valence-corrected chi connectivity index (χ2v) is 5.91. The summed E-state index contributed by atoms with van der Waals surface area (Å²) in [4.78, 5) is 11.8. The van der Waals surface area contributed by atoms with Gasteiger partial charge in [0.25, 0.3) is 0 Å². The lowest BCUT2D eigenvalue weighted by molar-refractivity contribution is 0.0275. The summed E-state index contributed by atoms with van der Waals surface area (Å²) in [5.74, 6) is 0.732. The number of ether oxygens (including phenoxy) is 1. The average Bonchev–Trinajstić information content (AvgIpc) is 2.94. The fourth-order valence-electron chi connectivity index (χ4n) is 2.75. The molecule has 124 valence electrons. The van der Waals surface area contributed by atoms with Crippen LogP contribution >= 0.6 is 0 Å². The van der Waals surface area contributed by atoms with E-state index in [9.17, 15) is 4.79 Å². The summed E-state index contributed by atoms with van der Waals surface area (Å²) in [7, 11) is 1.86. The summed E-state index contributed by atoms with van der Waals surface area (Å²) in [6.45, 7) is 3.21. The predicted molar refractivity (Wildman–Crippen MR) is 83.4 cm³/mol. The van der Waals surface area contributed by atoms with Crippen molar-refractivity contribution in [2.75, 3.05) is 13.2 Å². The van der Waals surface area contributed by atoms with Gasteiger partial charge in [-0.2, -0.15) is 0 Å². The number of nitrogens with zero attached hydrogens (tertiary/aromatic N) is 3. The molecule has 0 aliphatic heterocycles. The standard InChI is InChI=1S/C15H27N5O2/c1-12(14-19-17-11-20(14)2)18-15(21)16-9-6-10-22-13-7-4-3-5-8-13/h11-13H,3-10H2,1-2H3,(H2,16,18,21). The molecular weight excluding hydrogens is 282 g/mol. The Morgan fingerprint density at radius 2 is 2.23 bits per heavy atom. The molecule has 1 atom stereocenters. The third kappa shape index (κ3) is 5.29. The maximum atomic E-state index is 11.8. The minimum Gasteiger partial charge on any atom is -0.378 e. The van der Waals surface area contributed by atoms with Gasteiger partial charge in [0.05, 0.1) is 12.1 Å². The van der Waals surface area contributed by atoms with Gasteiger partial charge < -0.3 is 19.9 Å². The Hall–Kier alpha value is -1.63. The van der Waals surface area contributed by atoms with Gasteiger partial charge in [-0.15, -0.1) is 10.2 Å². The molecule has 1 aliphatic rings. The molecule has 7 heteroatoms. The number of aryl methyl sites for hydroxylation is 1. The molecular formula is C15H27N5O2. The van der Waals surface area contributed by atoms with Crippen LogP contribution in [0.25, 0.3) is 0 Å². The molecule has 2 N–H and O–H groups in total. The highest BCUT2D eigenvalue weighted by Crippen LogP contribution is 2.20. The summed E-state index contributed by atoms with van der Waals surface area (Å²) in [6, 6.07) is -0.362. The Kier molecular flexibility index (Phi) is 6.64. The number of hydrogen-bond donors (Lipinski definition) is 2. The Labute approximate surface area is 131 Å². The van der Waals surface area contributed by atoms with Crippen LogP contribution in [0.4, 0.5) is 4.79 Å². The molecule has 1 aliphatic carbocycles. The minimum absolute atomic E-state index is 0.175.